The largest absolute Gasteiger partial charge is 0.495 e. The molecule has 372 valence electrons. The number of methoxy groups -OCH3 is 2. The number of benzene rings is 2. The highest BCUT2D eigenvalue weighted by atomic mass is 35.5. The second kappa shape index (κ2) is 22.9. The third kappa shape index (κ3) is 13.2. The molecule has 9 atom stereocenters. The highest BCUT2D eigenvalue weighted by molar-refractivity contribution is 6.35. The van der Waals surface area contributed by atoms with E-state index in [9.17, 15) is 33.9 Å². The molecule has 0 aliphatic carbocycles. The Morgan fingerprint density at radius 3 is 2.37 bits per heavy atom. The number of amides is 7. The van der Waals surface area contributed by atoms with Crippen LogP contribution in [0.25, 0.3) is 0 Å². The summed E-state index contributed by atoms with van der Waals surface area (Å²) in [5.74, 6) is -1.66. The third-order valence-corrected chi connectivity index (χ3v) is 12.8. The molecule has 7 amide bonds. The van der Waals surface area contributed by atoms with Crippen LogP contribution in [-0.2, 0) is 39.8 Å². The van der Waals surface area contributed by atoms with E-state index in [-0.39, 0.29) is 48.3 Å². The van der Waals surface area contributed by atoms with Gasteiger partial charge in [0.15, 0.2) is 5.72 Å². The normalized spacial score (nSPS) is 27.1. The molecule has 4 bridgehead atoms. The third-order valence-electron chi connectivity index (χ3n) is 12.5. The smallest absolute Gasteiger partial charge is 0.412 e. The lowest BCUT2D eigenvalue weighted by Crippen LogP contribution is -2.63. The van der Waals surface area contributed by atoms with Gasteiger partial charge in [0.25, 0.3) is 0 Å². The van der Waals surface area contributed by atoms with Gasteiger partial charge < -0.3 is 60.7 Å². The number of hydrogen-bond acceptors (Lipinski definition) is 13. The molecule has 0 aromatic heterocycles. The molecule has 2 saturated heterocycles. The topological polar surface area (TPSA) is 274 Å². The van der Waals surface area contributed by atoms with E-state index in [0.29, 0.717) is 30.0 Å². The number of fused-ring (bicyclic) bond motifs is 5. The Morgan fingerprint density at radius 2 is 1.75 bits per heavy atom. The minimum atomic E-state index is -1.87. The molecule has 2 aromatic carbocycles. The highest BCUT2D eigenvalue weighted by Gasteiger charge is 2.64. The summed E-state index contributed by atoms with van der Waals surface area (Å²) >= 11 is 6.80. The van der Waals surface area contributed by atoms with Crippen molar-refractivity contribution in [3.8, 4) is 5.75 Å². The molecular weight excluding hydrogens is 904 g/mol. The van der Waals surface area contributed by atoms with Crippen LogP contribution in [-0.4, -0.2) is 124 Å². The average molecular weight is 970 g/mol. The predicted octanol–water partition coefficient (Wildman–Crippen LogP) is 4.49. The van der Waals surface area contributed by atoms with Crippen LogP contribution in [0.1, 0.15) is 65.9 Å². The number of aliphatic hydroxyl groups is 1. The number of hydrogen-bond donors (Lipinski definition) is 8. The molecule has 2 fully saturated rings. The lowest BCUT2D eigenvalue weighted by Gasteiger charge is -2.42. The first kappa shape index (κ1) is 53.0. The van der Waals surface area contributed by atoms with Gasteiger partial charge in [-0.25, -0.2) is 14.4 Å². The van der Waals surface area contributed by atoms with Crippen LogP contribution >= 0.6 is 11.6 Å². The SMILES string of the molecule is CN[C@H](C(=O)N[C@@H](CCCNC(N)=O)C(=O)Nc1ccc(NC(=O)O[C@H]2CC(=O)N(C)c3cc(cc(OC)c3Cl)C/C(C)=C/C=C/[C@@H](OC)[C@@]3(O)C[C@H](OC(=O)N3)[C@@H](C)[C@@H]3O[C@@]23C)cc1)C(C)C. The number of ether oxygens (including phenoxy) is 5. The number of primary amides is 1. The lowest BCUT2D eigenvalue weighted by atomic mass is 9.83. The van der Waals surface area contributed by atoms with Crippen LogP contribution < -0.4 is 47.3 Å². The maximum Gasteiger partial charge on any atom is 0.412 e. The van der Waals surface area contributed by atoms with Crippen molar-refractivity contribution >= 4 is 64.6 Å². The van der Waals surface area contributed by atoms with Gasteiger partial charge in [-0.3, -0.25) is 25.0 Å². The molecule has 3 heterocycles. The van der Waals surface area contributed by atoms with Gasteiger partial charge in [0, 0.05) is 44.4 Å². The molecule has 21 heteroatoms. The molecule has 0 spiro atoms. The van der Waals surface area contributed by atoms with E-state index in [4.69, 9.17) is 41.0 Å². The first-order chi connectivity index (χ1) is 32.1. The van der Waals surface area contributed by atoms with Crippen molar-refractivity contribution in [3.63, 3.8) is 0 Å². The van der Waals surface area contributed by atoms with Gasteiger partial charge in [-0.2, -0.15) is 0 Å². The van der Waals surface area contributed by atoms with E-state index in [1.54, 1.807) is 64.4 Å². The molecule has 0 unspecified atom stereocenters. The molecule has 3 aliphatic heterocycles. The zero-order valence-electron chi connectivity index (χ0n) is 39.9. The molecule has 20 nitrogen and oxygen atoms in total. The summed E-state index contributed by atoms with van der Waals surface area (Å²) in [6, 6.07) is 7.46. The van der Waals surface area contributed by atoms with Gasteiger partial charge in [-0.15, -0.1) is 0 Å². The number of nitrogens with one attached hydrogen (secondary N) is 6. The van der Waals surface area contributed by atoms with Crippen molar-refractivity contribution in [2.45, 2.75) is 115 Å². The Labute approximate surface area is 401 Å². The summed E-state index contributed by atoms with van der Waals surface area (Å²) < 4.78 is 29.2. The summed E-state index contributed by atoms with van der Waals surface area (Å²) in [7, 11) is 6.09. The highest BCUT2D eigenvalue weighted by Crippen LogP contribution is 2.49. The summed E-state index contributed by atoms with van der Waals surface area (Å²) in [6.07, 6.45) is 0.122. The van der Waals surface area contributed by atoms with E-state index in [1.165, 1.54) is 31.3 Å². The van der Waals surface area contributed by atoms with Crippen molar-refractivity contribution in [2.75, 3.05) is 50.4 Å². The quantitative estimate of drug-likeness (QED) is 0.0959. The number of allylic oxidation sites excluding steroid dienone is 3. The zero-order valence-corrected chi connectivity index (χ0v) is 40.7. The van der Waals surface area contributed by atoms with Crippen molar-refractivity contribution < 1.29 is 57.6 Å². The monoisotopic (exact) mass is 968 g/mol. The Bertz CT molecular complexity index is 2240. The summed E-state index contributed by atoms with van der Waals surface area (Å²) in [6.45, 7) is 9.31. The molecular formula is C47H65ClN8O12. The number of likely N-dealkylation sites (N-methyl/N-ethyl adjacent to an activating group) is 1. The number of anilines is 3. The van der Waals surface area contributed by atoms with Crippen LogP contribution in [0.4, 0.5) is 31.4 Å². The van der Waals surface area contributed by atoms with E-state index < -0.39 is 83.8 Å². The second-order valence-corrected chi connectivity index (χ2v) is 18.3. The first-order valence-corrected chi connectivity index (χ1v) is 22.8. The van der Waals surface area contributed by atoms with Gasteiger partial charge in [0.2, 0.25) is 17.7 Å². The van der Waals surface area contributed by atoms with Crippen LogP contribution in [0.5, 0.6) is 5.75 Å². The number of halogens is 1. The molecule has 0 radical (unpaired) electrons. The van der Waals surface area contributed by atoms with Gasteiger partial charge >= 0.3 is 18.2 Å². The Kier molecular flexibility index (Phi) is 17.9. The fourth-order valence-corrected chi connectivity index (χ4v) is 8.88. The number of carbonyl (C=O) groups excluding carboxylic acids is 6. The summed E-state index contributed by atoms with van der Waals surface area (Å²) in [4.78, 5) is 80.2. The van der Waals surface area contributed by atoms with E-state index >= 15 is 0 Å². The number of epoxide rings is 1. The molecule has 2 aromatic rings. The fourth-order valence-electron chi connectivity index (χ4n) is 8.56. The van der Waals surface area contributed by atoms with Crippen molar-refractivity contribution in [1.82, 2.24) is 21.3 Å². The molecule has 5 rings (SSSR count). The fraction of sp³-hybridized carbons (Fsp3) is 0.532. The number of nitrogens with zero attached hydrogens (tertiary/aromatic N) is 1. The first-order valence-electron chi connectivity index (χ1n) is 22.4. The number of alkyl carbamates (subject to hydrolysis) is 1. The maximum atomic E-state index is 14.3. The molecule has 3 aliphatic rings. The summed E-state index contributed by atoms with van der Waals surface area (Å²) in [5.41, 5.74) is 4.69. The van der Waals surface area contributed by atoms with Gasteiger partial charge in [-0.1, -0.05) is 56.2 Å². The van der Waals surface area contributed by atoms with Crippen molar-refractivity contribution in [1.29, 1.82) is 0 Å². The maximum absolute atomic E-state index is 14.3. The zero-order chi connectivity index (χ0) is 50.1. The minimum Gasteiger partial charge on any atom is -0.495 e. The lowest BCUT2D eigenvalue weighted by molar-refractivity contribution is -0.142. The summed E-state index contributed by atoms with van der Waals surface area (Å²) in [5, 5.41) is 28.2. The second-order valence-electron chi connectivity index (χ2n) is 17.9. The van der Waals surface area contributed by atoms with E-state index in [2.05, 4.69) is 31.9 Å². The van der Waals surface area contributed by atoms with E-state index in [1.807, 2.05) is 26.8 Å². The van der Waals surface area contributed by atoms with Crippen LogP contribution in [0.15, 0.2) is 60.2 Å². The van der Waals surface area contributed by atoms with Crippen LogP contribution in [0, 0.1) is 11.8 Å². The Hall–Kier alpha value is -5.93. The minimum absolute atomic E-state index is 0.0632. The van der Waals surface area contributed by atoms with Gasteiger partial charge in [0.05, 0.1) is 31.4 Å². The number of carbonyl (C=O) groups is 6. The molecule has 68 heavy (non-hydrogen) atoms. The Balaban J connectivity index is 1.38. The van der Waals surface area contributed by atoms with E-state index in [0.717, 1.165) is 11.1 Å². The van der Waals surface area contributed by atoms with Crippen LogP contribution in [0.2, 0.25) is 5.02 Å². The molecule has 9 N–H and O–H groups in total. The number of rotatable bonds is 14. The van der Waals surface area contributed by atoms with Gasteiger partial charge in [0.1, 0.15) is 40.7 Å². The van der Waals surface area contributed by atoms with Crippen molar-refractivity contribution in [3.05, 3.63) is 70.8 Å². The van der Waals surface area contributed by atoms with Crippen LogP contribution in [0.3, 0.4) is 0 Å². The standard InChI is InChI=1S/C47H65ClN8O12/c1-25(2)39(50-6)42(59)54-31(13-11-19-51-43(49)60)41(58)52-29-15-17-30(18-16-29)53-44(61)67-36-23-37(57)56(7)32-21-28(22-33(64-8)38(32)48)20-26(3)12-10-14-35(65-9)47(63)24-34(66-45(62)55-47)27(4)40-46(36,5)68-40/h10,12,14-18,21-22,25,27,31,34-36,39-40,50,63H,11,13,19-20,23-24H2,1-9H3,(H,52,58)(H,53,61)(H,54,59)(H,55,62)(H3,49,51,60)/b14-10+,26-12+/t27-,31+,34+,35-,36+,39+,40+,46+,47+/m1/s1. The molecule has 0 saturated carbocycles. The van der Waals surface area contributed by atoms with Crippen molar-refractivity contribution in [2.24, 2.45) is 17.6 Å². The number of nitrogens with two attached hydrogens (primary N) is 1. The average Bonchev–Trinajstić information content (AvgIpc) is 3.97. The number of urea groups is 1. The van der Waals surface area contributed by atoms with Gasteiger partial charge in [-0.05, 0) is 88.0 Å². The Morgan fingerprint density at radius 1 is 1.07 bits per heavy atom. The predicted molar refractivity (Wildman–Crippen MR) is 254 cm³/mol.